The molecule has 0 radical (unpaired) electrons. The number of carbonyl (C=O) groups is 2. The molecule has 1 aliphatic carbocycles. The van der Waals surface area contributed by atoms with Gasteiger partial charge in [0, 0.05) is 18.2 Å². The Bertz CT molecular complexity index is 484. The van der Waals surface area contributed by atoms with E-state index in [1.54, 1.807) is 24.3 Å². The van der Waals surface area contributed by atoms with Gasteiger partial charge >= 0.3 is 0 Å². The van der Waals surface area contributed by atoms with Gasteiger partial charge in [-0.05, 0) is 43.5 Å². The minimum Gasteiger partial charge on any atom is -0.484 e. The van der Waals surface area contributed by atoms with Gasteiger partial charge in [0.25, 0.3) is 5.91 Å². The lowest BCUT2D eigenvalue weighted by molar-refractivity contribution is -0.123. The topological polar surface area (TPSA) is 67.4 Å². The number of ether oxygens (including phenoxy) is 1. The number of rotatable bonds is 6. The molecule has 5 heteroatoms. The van der Waals surface area contributed by atoms with E-state index >= 15 is 0 Å². The fourth-order valence-corrected chi connectivity index (χ4v) is 1.95. The zero-order valence-corrected chi connectivity index (χ0v) is 11.8. The van der Waals surface area contributed by atoms with Crippen LogP contribution in [-0.4, -0.2) is 25.0 Å². The van der Waals surface area contributed by atoms with Crippen molar-refractivity contribution < 1.29 is 14.3 Å². The van der Waals surface area contributed by atoms with Gasteiger partial charge in [0.1, 0.15) is 5.75 Å². The molecule has 0 heterocycles. The van der Waals surface area contributed by atoms with E-state index in [1.807, 2.05) is 6.92 Å². The van der Waals surface area contributed by atoms with Gasteiger partial charge in [0.05, 0.1) is 0 Å². The maximum atomic E-state index is 11.8. The van der Waals surface area contributed by atoms with Crippen LogP contribution < -0.4 is 15.4 Å². The van der Waals surface area contributed by atoms with Gasteiger partial charge in [-0.15, -0.1) is 0 Å². The van der Waals surface area contributed by atoms with Crippen LogP contribution in [0.2, 0.25) is 0 Å². The SMILES string of the molecule is CCNC(=O)COc1ccc(NC(=O)[C@@H]2C[C@@H]2C)cc1. The van der Waals surface area contributed by atoms with Crippen LogP contribution in [0.5, 0.6) is 5.75 Å². The number of hydrogen-bond donors (Lipinski definition) is 2. The second-order valence-corrected chi connectivity index (χ2v) is 5.08. The molecule has 1 aromatic carbocycles. The van der Waals surface area contributed by atoms with Crippen LogP contribution in [-0.2, 0) is 9.59 Å². The molecule has 0 aliphatic heterocycles. The molecule has 5 nitrogen and oxygen atoms in total. The van der Waals surface area contributed by atoms with Gasteiger partial charge in [-0.25, -0.2) is 0 Å². The monoisotopic (exact) mass is 276 g/mol. The summed E-state index contributed by atoms with van der Waals surface area (Å²) < 4.78 is 5.33. The Labute approximate surface area is 118 Å². The predicted octanol–water partition coefficient (Wildman–Crippen LogP) is 1.80. The number of anilines is 1. The molecule has 2 atom stereocenters. The molecule has 0 spiro atoms. The van der Waals surface area contributed by atoms with E-state index in [4.69, 9.17) is 4.74 Å². The van der Waals surface area contributed by atoms with Gasteiger partial charge in [-0.1, -0.05) is 6.92 Å². The zero-order chi connectivity index (χ0) is 14.5. The Hall–Kier alpha value is -2.04. The van der Waals surface area contributed by atoms with E-state index in [9.17, 15) is 9.59 Å². The van der Waals surface area contributed by atoms with Gasteiger partial charge in [-0.2, -0.15) is 0 Å². The van der Waals surface area contributed by atoms with Crippen molar-refractivity contribution in [1.29, 1.82) is 0 Å². The number of likely N-dealkylation sites (N-methyl/N-ethyl adjacent to an activating group) is 1. The van der Waals surface area contributed by atoms with Crippen molar-refractivity contribution in [1.82, 2.24) is 5.32 Å². The second-order valence-electron chi connectivity index (χ2n) is 5.08. The number of benzene rings is 1. The molecule has 1 aliphatic rings. The van der Waals surface area contributed by atoms with Crippen LogP contribution in [0.15, 0.2) is 24.3 Å². The standard InChI is InChI=1S/C15H20N2O3/c1-3-16-14(18)9-20-12-6-4-11(5-7-12)17-15(19)13-8-10(13)2/h4-7,10,13H,3,8-9H2,1-2H3,(H,16,18)(H,17,19)/t10-,13+/m0/s1. The first kappa shape index (κ1) is 14.4. The van der Waals surface area contributed by atoms with Crippen LogP contribution in [0.3, 0.4) is 0 Å². The summed E-state index contributed by atoms with van der Waals surface area (Å²) in [7, 11) is 0. The normalized spacial score (nSPS) is 20.1. The highest BCUT2D eigenvalue weighted by Crippen LogP contribution is 2.38. The first-order valence-electron chi connectivity index (χ1n) is 6.90. The Morgan fingerprint density at radius 2 is 1.95 bits per heavy atom. The van der Waals surface area contributed by atoms with Crippen LogP contribution in [0.1, 0.15) is 20.3 Å². The molecule has 1 fully saturated rings. The number of amides is 2. The third-order valence-corrected chi connectivity index (χ3v) is 3.31. The highest BCUT2D eigenvalue weighted by Gasteiger charge is 2.38. The third kappa shape index (κ3) is 3.98. The van der Waals surface area contributed by atoms with Crippen molar-refractivity contribution in [3.8, 4) is 5.75 Å². The molecule has 1 aromatic rings. The molecular weight excluding hydrogens is 256 g/mol. The summed E-state index contributed by atoms with van der Waals surface area (Å²) in [5.74, 6) is 1.19. The van der Waals surface area contributed by atoms with Crippen molar-refractivity contribution >= 4 is 17.5 Å². The van der Waals surface area contributed by atoms with Crippen LogP contribution in [0, 0.1) is 11.8 Å². The van der Waals surface area contributed by atoms with E-state index in [1.165, 1.54) is 0 Å². The lowest BCUT2D eigenvalue weighted by atomic mass is 10.2. The summed E-state index contributed by atoms with van der Waals surface area (Å²) in [6.07, 6.45) is 0.972. The summed E-state index contributed by atoms with van der Waals surface area (Å²) in [5.41, 5.74) is 0.749. The van der Waals surface area contributed by atoms with Crippen molar-refractivity contribution in [2.24, 2.45) is 11.8 Å². The Morgan fingerprint density at radius 3 is 2.50 bits per heavy atom. The second kappa shape index (κ2) is 6.41. The minimum absolute atomic E-state index is 0.000859. The fraction of sp³-hybridized carbons (Fsp3) is 0.467. The van der Waals surface area contributed by atoms with E-state index in [0.29, 0.717) is 18.2 Å². The fourth-order valence-electron chi connectivity index (χ4n) is 1.95. The van der Waals surface area contributed by atoms with Gasteiger partial charge in [0.2, 0.25) is 5.91 Å². The van der Waals surface area contributed by atoms with Gasteiger partial charge < -0.3 is 15.4 Å². The van der Waals surface area contributed by atoms with Crippen LogP contribution >= 0.6 is 0 Å². The third-order valence-electron chi connectivity index (χ3n) is 3.31. The first-order chi connectivity index (χ1) is 9.60. The average Bonchev–Trinajstić information content (AvgIpc) is 3.16. The Morgan fingerprint density at radius 1 is 1.30 bits per heavy atom. The summed E-state index contributed by atoms with van der Waals surface area (Å²) in [6.45, 7) is 4.52. The maximum Gasteiger partial charge on any atom is 0.257 e. The summed E-state index contributed by atoms with van der Waals surface area (Å²) in [6, 6.07) is 7.03. The molecule has 0 bridgehead atoms. The lowest BCUT2D eigenvalue weighted by Crippen LogP contribution is -2.28. The van der Waals surface area contributed by atoms with E-state index in [2.05, 4.69) is 17.6 Å². The highest BCUT2D eigenvalue weighted by atomic mass is 16.5. The predicted molar refractivity (Wildman–Crippen MR) is 76.5 cm³/mol. The Kier molecular flexibility index (Phi) is 4.61. The quantitative estimate of drug-likeness (QED) is 0.832. The zero-order valence-electron chi connectivity index (χ0n) is 11.8. The summed E-state index contributed by atoms with van der Waals surface area (Å²) in [4.78, 5) is 23.0. The average molecular weight is 276 g/mol. The van der Waals surface area contributed by atoms with E-state index in [-0.39, 0.29) is 24.3 Å². The van der Waals surface area contributed by atoms with Crippen molar-refractivity contribution in [3.05, 3.63) is 24.3 Å². The molecule has 108 valence electrons. The van der Waals surface area contributed by atoms with Crippen molar-refractivity contribution in [2.75, 3.05) is 18.5 Å². The van der Waals surface area contributed by atoms with Crippen LogP contribution in [0.4, 0.5) is 5.69 Å². The highest BCUT2D eigenvalue weighted by molar-refractivity contribution is 5.94. The molecule has 1 saturated carbocycles. The molecule has 2 rings (SSSR count). The molecule has 0 aromatic heterocycles. The van der Waals surface area contributed by atoms with E-state index < -0.39 is 0 Å². The molecule has 0 saturated heterocycles. The van der Waals surface area contributed by atoms with Gasteiger partial charge in [0.15, 0.2) is 6.61 Å². The maximum absolute atomic E-state index is 11.8. The summed E-state index contributed by atoms with van der Waals surface area (Å²) in [5, 5.41) is 5.53. The Balaban J connectivity index is 1.80. The number of carbonyl (C=O) groups excluding carboxylic acids is 2. The van der Waals surface area contributed by atoms with Gasteiger partial charge in [-0.3, -0.25) is 9.59 Å². The van der Waals surface area contributed by atoms with Crippen LogP contribution in [0.25, 0.3) is 0 Å². The molecule has 20 heavy (non-hydrogen) atoms. The summed E-state index contributed by atoms with van der Waals surface area (Å²) >= 11 is 0. The minimum atomic E-state index is -0.146. The van der Waals surface area contributed by atoms with Crippen molar-refractivity contribution in [3.63, 3.8) is 0 Å². The van der Waals surface area contributed by atoms with E-state index in [0.717, 1.165) is 12.1 Å². The number of nitrogens with one attached hydrogen (secondary N) is 2. The number of hydrogen-bond acceptors (Lipinski definition) is 3. The lowest BCUT2D eigenvalue weighted by Gasteiger charge is -2.08. The van der Waals surface area contributed by atoms with Crippen molar-refractivity contribution in [2.45, 2.75) is 20.3 Å². The first-order valence-corrected chi connectivity index (χ1v) is 6.90. The molecular formula is C15H20N2O3. The molecule has 2 N–H and O–H groups in total. The smallest absolute Gasteiger partial charge is 0.257 e. The largest absolute Gasteiger partial charge is 0.484 e. The molecule has 2 amide bonds. The molecule has 0 unspecified atom stereocenters.